The van der Waals surface area contributed by atoms with E-state index in [0.29, 0.717) is 12.8 Å². The van der Waals surface area contributed by atoms with E-state index >= 15 is 0 Å². The Labute approximate surface area is 122 Å². The third-order valence-electron chi connectivity index (χ3n) is 2.82. The standard InChI is InChI=1S/C14H20N2O5/c1-4-6-7-9(17)16-13-11(12(15)18)10(8(3)21-13)14(19)20-5-2/h4-7H2,1-3H3,(H2,15,18)(H,16,17). The van der Waals surface area contributed by atoms with Crippen molar-refractivity contribution in [3.63, 3.8) is 0 Å². The Hall–Kier alpha value is -2.31. The fraction of sp³-hybridized carbons (Fsp3) is 0.500. The lowest BCUT2D eigenvalue weighted by Gasteiger charge is -2.04. The highest BCUT2D eigenvalue weighted by molar-refractivity contribution is 6.10. The number of carbonyl (C=O) groups excluding carboxylic acids is 3. The number of rotatable bonds is 7. The van der Waals surface area contributed by atoms with Crippen molar-refractivity contribution in [1.29, 1.82) is 0 Å². The molecule has 0 spiro atoms. The van der Waals surface area contributed by atoms with Crippen molar-refractivity contribution in [3.8, 4) is 0 Å². The van der Waals surface area contributed by atoms with Gasteiger partial charge in [0.1, 0.15) is 16.9 Å². The van der Waals surface area contributed by atoms with Crippen LogP contribution >= 0.6 is 0 Å². The summed E-state index contributed by atoms with van der Waals surface area (Å²) in [5.74, 6) is -1.80. The molecular weight excluding hydrogens is 276 g/mol. The van der Waals surface area contributed by atoms with Crippen LogP contribution in [0.5, 0.6) is 0 Å². The van der Waals surface area contributed by atoms with Gasteiger partial charge in [-0.2, -0.15) is 0 Å². The summed E-state index contributed by atoms with van der Waals surface area (Å²) in [6, 6.07) is 0. The Balaban J connectivity index is 3.10. The molecule has 0 bridgehead atoms. The maximum absolute atomic E-state index is 11.9. The Morgan fingerprint density at radius 1 is 1.24 bits per heavy atom. The summed E-state index contributed by atoms with van der Waals surface area (Å²) in [7, 11) is 0. The number of aryl methyl sites for hydroxylation is 1. The van der Waals surface area contributed by atoms with Crippen LogP contribution in [0, 0.1) is 6.92 Å². The van der Waals surface area contributed by atoms with Gasteiger partial charge in [-0.3, -0.25) is 14.9 Å². The van der Waals surface area contributed by atoms with Gasteiger partial charge in [0, 0.05) is 6.42 Å². The molecular formula is C14H20N2O5. The van der Waals surface area contributed by atoms with E-state index in [1.807, 2.05) is 6.92 Å². The second-order valence-electron chi connectivity index (χ2n) is 4.47. The summed E-state index contributed by atoms with van der Waals surface area (Å²) in [5, 5.41) is 2.47. The average Bonchev–Trinajstić information content (AvgIpc) is 2.73. The molecule has 0 aliphatic rings. The molecule has 3 N–H and O–H groups in total. The number of carbonyl (C=O) groups is 3. The number of ether oxygens (including phenoxy) is 1. The van der Waals surface area contributed by atoms with Crippen LogP contribution in [0.25, 0.3) is 0 Å². The maximum Gasteiger partial charge on any atom is 0.342 e. The van der Waals surface area contributed by atoms with E-state index in [4.69, 9.17) is 14.9 Å². The molecule has 0 atom stereocenters. The van der Waals surface area contributed by atoms with Crippen molar-refractivity contribution in [1.82, 2.24) is 0 Å². The number of nitrogens with two attached hydrogens (primary N) is 1. The smallest absolute Gasteiger partial charge is 0.342 e. The fourth-order valence-corrected chi connectivity index (χ4v) is 1.84. The van der Waals surface area contributed by atoms with Crippen LogP contribution in [-0.2, 0) is 9.53 Å². The van der Waals surface area contributed by atoms with E-state index in [2.05, 4.69) is 5.32 Å². The number of amides is 2. The topological polar surface area (TPSA) is 112 Å². The van der Waals surface area contributed by atoms with Gasteiger partial charge in [-0.15, -0.1) is 0 Å². The van der Waals surface area contributed by atoms with Crippen molar-refractivity contribution in [3.05, 3.63) is 16.9 Å². The summed E-state index contributed by atoms with van der Waals surface area (Å²) in [5.41, 5.74) is 5.08. The first-order valence-corrected chi connectivity index (χ1v) is 6.82. The van der Waals surface area contributed by atoms with Crippen LogP contribution in [0.1, 0.15) is 59.6 Å². The summed E-state index contributed by atoms with van der Waals surface area (Å²) in [6.07, 6.45) is 1.87. The summed E-state index contributed by atoms with van der Waals surface area (Å²) < 4.78 is 10.2. The highest BCUT2D eigenvalue weighted by Gasteiger charge is 2.28. The number of hydrogen-bond donors (Lipinski definition) is 2. The highest BCUT2D eigenvalue weighted by Crippen LogP contribution is 2.27. The Bertz CT molecular complexity index is 548. The van der Waals surface area contributed by atoms with E-state index in [0.717, 1.165) is 6.42 Å². The first kappa shape index (κ1) is 16.7. The van der Waals surface area contributed by atoms with Crippen molar-refractivity contribution in [2.45, 2.75) is 40.0 Å². The Morgan fingerprint density at radius 2 is 1.90 bits per heavy atom. The normalized spacial score (nSPS) is 10.2. The molecule has 7 nitrogen and oxygen atoms in total. The number of anilines is 1. The molecule has 0 aromatic carbocycles. The van der Waals surface area contributed by atoms with Crippen LogP contribution < -0.4 is 11.1 Å². The van der Waals surface area contributed by atoms with Crippen LogP contribution in [0.4, 0.5) is 5.88 Å². The SMILES string of the molecule is CCCCC(=O)Nc1oc(C)c(C(=O)OCC)c1C(N)=O. The molecule has 1 heterocycles. The van der Waals surface area contributed by atoms with Crippen LogP contribution in [0.2, 0.25) is 0 Å². The van der Waals surface area contributed by atoms with Gasteiger partial charge >= 0.3 is 5.97 Å². The Morgan fingerprint density at radius 3 is 2.43 bits per heavy atom. The molecule has 0 unspecified atom stereocenters. The van der Waals surface area contributed by atoms with Gasteiger partial charge in [-0.1, -0.05) is 13.3 Å². The summed E-state index contributed by atoms with van der Waals surface area (Å²) in [4.78, 5) is 35.1. The van der Waals surface area contributed by atoms with E-state index < -0.39 is 11.9 Å². The number of furan rings is 1. The molecule has 0 saturated carbocycles. The van der Waals surface area contributed by atoms with E-state index in [-0.39, 0.29) is 35.3 Å². The lowest BCUT2D eigenvalue weighted by atomic mass is 10.1. The van der Waals surface area contributed by atoms with Gasteiger partial charge < -0.3 is 14.9 Å². The van der Waals surface area contributed by atoms with Crippen molar-refractivity contribution in [2.24, 2.45) is 5.73 Å². The predicted octanol–water partition coefficient (Wildman–Crippen LogP) is 1.99. The minimum Gasteiger partial charge on any atom is -0.462 e. The lowest BCUT2D eigenvalue weighted by Crippen LogP contribution is -2.20. The van der Waals surface area contributed by atoms with E-state index in [1.165, 1.54) is 6.92 Å². The molecule has 1 rings (SSSR count). The fourth-order valence-electron chi connectivity index (χ4n) is 1.84. The van der Waals surface area contributed by atoms with Gasteiger partial charge in [0.15, 0.2) is 0 Å². The quantitative estimate of drug-likeness (QED) is 0.747. The summed E-state index contributed by atoms with van der Waals surface area (Å²) >= 11 is 0. The molecule has 0 saturated heterocycles. The lowest BCUT2D eigenvalue weighted by molar-refractivity contribution is -0.116. The monoisotopic (exact) mass is 296 g/mol. The second kappa shape index (κ2) is 7.47. The molecule has 1 aromatic rings. The molecule has 0 radical (unpaired) electrons. The average molecular weight is 296 g/mol. The summed E-state index contributed by atoms with van der Waals surface area (Å²) in [6.45, 7) is 5.25. The molecule has 0 aliphatic carbocycles. The van der Waals surface area contributed by atoms with Gasteiger partial charge in [0.2, 0.25) is 11.8 Å². The van der Waals surface area contributed by atoms with Crippen molar-refractivity contribution in [2.75, 3.05) is 11.9 Å². The zero-order valence-corrected chi connectivity index (χ0v) is 12.4. The first-order valence-electron chi connectivity index (χ1n) is 6.82. The predicted molar refractivity (Wildman–Crippen MR) is 76.1 cm³/mol. The highest BCUT2D eigenvalue weighted by atomic mass is 16.5. The number of hydrogen-bond acceptors (Lipinski definition) is 5. The molecule has 2 amide bonds. The minimum absolute atomic E-state index is 0.0462. The molecule has 1 aromatic heterocycles. The molecule has 21 heavy (non-hydrogen) atoms. The molecule has 116 valence electrons. The van der Waals surface area contributed by atoms with Gasteiger partial charge in [0.25, 0.3) is 5.91 Å². The van der Waals surface area contributed by atoms with Crippen LogP contribution in [0.3, 0.4) is 0 Å². The molecule has 0 fully saturated rings. The zero-order valence-electron chi connectivity index (χ0n) is 12.4. The third-order valence-corrected chi connectivity index (χ3v) is 2.82. The zero-order chi connectivity index (χ0) is 16.0. The first-order chi connectivity index (χ1) is 9.92. The molecule has 7 heteroatoms. The van der Waals surface area contributed by atoms with Gasteiger partial charge in [-0.25, -0.2) is 4.79 Å². The van der Waals surface area contributed by atoms with Crippen molar-refractivity contribution < 1.29 is 23.5 Å². The number of nitrogens with one attached hydrogen (secondary N) is 1. The van der Waals surface area contributed by atoms with E-state index in [1.54, 1.807) is 6.92 Å². The minimum atomic E-state index is -0.860. The number of esters is 1. The van der Waals surface area contributed by atoms with E-state index in [9.17, 15) is 14.4 Å². The van der Waals surface area contributed by atoms with Gasteiger partial charge in [-0.05, 0) is 20.3 Å². The number of unbranched alkanes of at least 4 members (excludes halogenated alkanes) is 1. The molecule has 0 aliphatic heterocycles. The number of primary amides is 1. The van der Waals surface area contributed by atoms with Crippen molar-refractivity contribution >= 4 is 23.7 Å². The maximum atomic E-state index is 11.9. The largest absolute Gasteiger partial charge is 0.462 e. The second-order valence-corrected chi connectivity index (χ2v) is 4.47. The van der Waals surface area contributed by atoms with Gasteiger partial charge in [0.05, 0.1) is 6.61 Å². The third kappa shape index (κ3) is 4.08. The van der Waals surface area contributed by atoms with Crippen LogP contribution in [0.15, 0.2) is 4.42 Å². The Kier molecular flexibility index (Phi) is 5.95. The van der Waals surface area contributed by atoms with Crippen LogP contribution in [-0.4, -0.2) is 24.4 Å².